The number of aromatic nitrogens is 2. The van der Waals surface area contributed by atoms with Crippen LogP contribution in [0.25, 0.3) is 0 Å². The van der Waals surface area contributed by atoms with Crippen LogP contribution in [-0.4, -0.2) is 28.6 Å². The standard InChI is InChI=1S/C14H17N5O2/c1-16-13(20)9-4-3-5-11(6-9)18-14(21)12(15)10-7-17-19(2)8-10/h3-8,12H,15H2,1-2H3,(H,16,20)(H,18,21). The molecule has 0 aliphatic rings. The van der Waals surface area contributed by atoms with Gasteiger partial charge >= 0.3 is 0 Å². The lowest BCUT2D eigenvalue weighted by Crippen LogP contribution is -2.27. The normalized spacial score (nSPS) is 11.8. The van der Waals surface area contributed by atoms with Crippen LogP contribution < -0.4 is 16.4 Å². The number of carbonyl (C=O) groups is 2. The highest BCUT2D eigenvalue weighted by Gasteiger charge is 2.17. The number of hydrogen-bond donors (Lipinski definition) is 3. The molecular weight excluding hydrogens is 270 g/mol. The summed E-state index contributed by atoms with van der Waals surface area (Å²) >= 11 is 0. The first-order valence-electron chi connectivity index (χ1n) is 6.38. The Labute approximate surface area is 122 Å². The van der Waals surface area contributed by atoms with Gasteiger partial charge in [-0.3, -0.25) is 14.3 Å². The highest BCUT2D eigenvalue weighted by atomic mass is 16.2. The van der Waals surface area contributed by atoms with Crippen LogP contribution in [-0.2, 0) is 11.8 Å². The van der Waals surface area contributed by atoms with E-state index < -0.39 is 6.04 Å². The van der Waals surface area contributed by atoms with Crippen molar-refractivity contribution in [2.45, 2.75) is 6.04 Å². The summed E-state index contributed by atoms with van der Waals surface area (Å²) in [6.45, 7) is 0. The monoisotopic (exact) mass is 287 g/mol. The number of carbonyl (C=O) groups excluding carboxylic acids is 2. The van der Waals surface area contributed by atoms with E-state index in [1.807, 2.05) is 0 Å². The van der Waals surface area contributed by atoms with Crippen molar-refractivity contribution < 1.29 is 9.59 Å². The van der Waals surface area contributed by atoms with Gasteiger partial charge in [0.25, 0.3) is 5.91 Å². The van der Waals surface area contributed by atoms with E-state index >= 15 is 0 Å². The number of benzene rings is 1. The fourth-order valence-corrected chi connectivity index (χ4v) is 1.85. The zero-order chi connectivity index (χ0) is 15.4. The number of aryl methyl sites for hydroxylation is 1. The van der Waals surface area contributed by atoms with Gasteiger partial charge in [-0.05, 0) is 18.2 Å². The Morgan fingerprint density at radius 3 is 2.76 bits per heavy atom. The summed E-state index contributed by atoms with van der Waals surface area (Å²) in [5, 5.41) is 9.19. The first-order valence-corrected chi connectivity index (χ1v) is 6.38. The summed E-state index contributed by atoms with van der Waals surface area (Å²) in [7, 11) is 3.30. The van der Waals surface area contributed by atoms with Crippen molar-refractivity contribution in [2.75, 3.05) is 12.4 Å². The minimum atomic E-state index is -0.817. The van der Waals surface area contributed by atoms with Crippen LogP contribution in [0.1, 0.15) is 22.0 Å². The van der Waals surface area contributed by atoms with Crippen molar-refractivity contribution in [3.63, 3.8) is 0 Å². The summed E-state index contributed by atoms with van der Waals surface area (Å²) < 4.78 is 1.58. The first kappa shape index (κ1) is 14.7. The van der Waals surface area contributed by atoms with Crippen molar-refractivity contribution in [1.29, 1.82) is 0 Å². The predicted octanol–water partition coefficient (Wildman–Crippen LogP) is 0.418. The molecule has 21 heavy (non-hydrogen) atoms. The molecular formula is C14H17N5O2. The fourth-order valence-electron chi connectivity index (χ4n) is 1.85. The second-order valence-corrected chi connectivity index (χ2v) is 4.57. The lowest BCUT2D eigenvalue weighted by Gasteiger charge is -2.11. The van der Waals surface area contributed by atoms with Gasteiger partial charge in [-0.1, -0.05) is 6.07 Å². The molecule has 7 heteroatoms. The highest BCUT2D eigenvalue weighted by molar-refractivity contribution is 5.98. The number of hydrogen-bond acceptors (Lipinski definition) is 4. The molecule has 0 bridgehead atoms. The van der Waals surface area contributed by atoms with E-state index in [9.17, 15) is 9.59 Å². The third-order valence-electron chi connectivity index (χ3n) is 2.99. The molecule has 0 radical (unpaired) electrons. The molecule has 1 heterocycles. The van der Waals surface area contributed by atoms with Gasteiger partial charge in [-0.15, -0.1) is 0 Å². The van der Waals surface area contributed by atoms with Gasteiger partial charge in [0, 0.05) is 37.1 Å². The van der Waals surface area contributed by atoms with Crippen LogP contribution >= 0.6 is 0 Å². The van der Waals surface area contributed by atoms with Crippen molar-refractivity contribution in [3.8, 4) is 0 Å². The smallest absolute Gasteiger partial charge is 0.251 e. The van der Waals surface area contributed by atoms with Gasteiger partial charge < -0.3 is 16.4 Å². The van der Waals surface area contributed by atoms with Gasteiger partial charge in [0.05, 0.1) is 6.20 Å². The second-order valence-electron chi connectivity index (χ2n) is 4.57. The molecule has 0 aliphatic heterocycles. The Kier molecular flexibility index (Phi) is 4.34. The SMILES string of the molecule is CNC(=O)c1cccc(NC(=O)C(N)c2cnn(C)c2)c1. The van der Waals surface area contributed by atoms with Crippen LogP contribution in [0.5, 0.6) is 0 Å². The largest absolute Gasteiger partial charge is 0.355 e. The third kappa shape index (κ3) is 3.46. The summed E-state index contributed by atoms with van der Waals surface area (Å²) in [5.41, 5.74) is 7.48. The third-order valence-corrected chi connectivity index (χ3v) is 2.99. The van der Waals surface area contributed by atoms with Crippen LogP contribution in [0.3, 0.4) is 0 Å². The van der Waals surface area contributed by atoms with Crippen LogP contribution in [0.4, 0.5) is 5.69 Å². The van der Waals surface area contributed by atoms with Crippen LogP contribution in [0, 0.1) is 0 Å². The second kappa shape index (κ2) is 6.19. The van der Waals surface area contributed by atoms with E-state index in [1.54, 1.807) is 55.4 Å². The molecule has 0 saturated heterocycles. The van der Waals surface area contributed by atoms with Gasteiger partial charge in [-0.2, -0.15) is 5.10 Å². The zero-order valence-electron chi connectivity index (χ0n) is 11.8. The maximum Gasteiger partial charge on any atom is 0.251 e. The number of nitrogens with two attached hydrogens (primary N) is 1. The van der Waals surface area contributed by atoms with Gasteiger partial charge in [0.2, 0.25) is 5.91 Å². The van der Waals surface area contributed by atoms with Gasteiger partial charge in [-0.25, -0.2) is 0 Å². The molecule has 7 nitrogen and oxygen atoms in total. The molecule has 0 saturated carbocycles. The zero-order valence-corrected chi connectivity index (χ0v) is 11.8. The summed E-state index contributed by atoms with van der Waals surface area (Å²) in [6.07, 6.45) is 3.23. The number of nitrogens with zero attached hydrogens (tertiary/aromatic N) is 2. The lowest BCUT2D eigenvalue weighted by molar-refractivity contribution is -0.117. The Bertz CT molecular complexity index is 665. The minimum Gasteiger partial charge on any atom is -0.355 e. The number of rotatable bonds is 4. The average molecular weight is 287 g/mol. The molecule has 110 valence electrons. The van der Waals surface area contributed by atoms with E-state index in [1.165, 1.54) is 0 Å². The minimum absolute atomic E-state index is 0.220. The van der Waals surface area contributed by atoms with Crippen molar-refractivity contribution in [3.05, 3.63) is 47.8 Å². The molecule has 1 aromatic carbocycles. The number of nitrogens with one attached hydrogen (secondary N) is 2. The maximum atomic E-state index is 12.1. The van der Waals surface area contributed by atoms with Gasteiger partial charge in [0.15, 0.2) is 0 Å². The first-order chi connectivity index (χ1) is 10.0. The van der Waals surface area contributed by atoms with Crippen LogP contribution in [0.15, 0.2) is 36.7 Å². The highest BCUT2D eigenvalue weighted by Crippen LogP contribution is 2.15. The maximum absolute atomic E-state index is 12.1. The predicted molar refractivity (Wildman–Crippen MR) is 78.6 cm³/mol. The molecule has 1 unspecified atom stereocenters. The van der Waals surface area contributed by atoms with Crippen molar-refractivity contribution >= 4 is 17.5 Å². The van der Waals surface area contributed by atoms with Crippen molar-refractivity contribution in [1.82, 2.24) is 15.1 Å². The van der Waals surface area contributed by atoms with E-state index in [2.05, 4.69) is 15.7 Å². The quantitative estimate of drug-likeness (QED) is 0.758. The molecule has 0 aliphatic carbocycles. The average Bonchev–Trinajstić information content (AvgIpc) is 2.92. The van der Waals surface area contributed by atoms with Crippen LogP contribution in [0.2, 0.25) is 0 Å². The van der Waals surface area contributed by atoms with Gasteiger partial charge in [0.1, 0.15) is 6.04 Å². The summed E-state index contributed by atoms with van der Waals surface area (Å²) in [5.74, 6) is -0.584. The Morgan fingerprint density at radius 2 is 2.14 bits per heavy atom. The van der Waals surface area contributed by atoms with E-state index in [-0.39, 0.29) is 11.8 Å². The Balaban J connectivity index is 2.10. The Hall–Kier alpha value is -2.67. The Morgan fingerprint density at radius 1 is 1.38 bits per heavy atom. The molecule has 4 N–H and O–H groups in total. The molecule has 2 rings (SSSR count). The number of anilines is 1. The van der Waals surface area contributed by atoms with E-state index in [0.717, 1.165) is 0 Å². The topological polar surface area (TPSA) is 102 Å². The van der Waals surface area contributed by atoms with E-state index in [4.69, 9.17) is 5.73 Å². The molecule has 1 atom stereocenters. The lowest BCUT2D eigenvalue weighted by atomic mass is 10.1. The molecule has 1 aromatic heterocycles. The molecule has 0 spiro atoms. The van der Waals surface area contributed by atoms with Crippen molar-refractivity contribution in [2.24, 2.45) is 12.8 Å². The number of amides is 2. The summed E-state index contributed by atoms with van der Waals surface area (Å²) in [4.78, 5) is 23.6. The molecule has 2 aromatic rings. The fraction of sp³-hybridized carbons (Fsp3) is 0.214. The molecule has 0 fully saturated rings. The van der Waals surface area contributed by atoms with E-state index in [0.29, 0.717) is 16.8 Å². The summed E-state index contributed by atoms with van der Waals surface area (Å²) in [6, 6.07) is 5.82. The molecule has 2 amide bonds.